The van der Waals surface area contributed by atoms with E-state index in [1.54, 1.807) is 7.85 Å². The van der Waals surface area contributed by atoms with Gasteiger partial charge in [-0.3, -0.25) is 0 Å². The summed E-state index contributed by atoms with van der Waals surface area (Å²) in [5.74, 6) is 0.278. The highest BCUT2D eigenvalue weighted by Gasteiger charge is 2.03. The Morgan fingerprint density at radius 3 is 2.38 bits per heavy atom. The number of rotatable bonds is 3. The maximum absolute atomic E-state index is 10.5. The van der Waals surface area contributed by atoms with Gasteiger partial charge in [0.1, 0.15) is 0 Å². The molecule has 0 aromatic carbocycles. The third kappa shape index (κ3) is 2.83. The zero-order valence-corrected chi connectivity index (χ0v) is 5.90. The molecule has 8 heavy (non-hydrogen) atoms. The lowest BCUT2D eigenvalue weighted by Crippen LogP contribution is -2.09. The molecule has 0 fully saturated rings. The molecule has 0 N–H and O–H groups in total. The van der Waals surface area contributed by atoms with Gasteiger partial charge in [0.15, 0.2) is 7.85 Å². The van der Waals surface area contributed by atoms with Gasteiger partial charge in [0.05, 0.1) is 5.68 Å². The van der Waals surface area contributed by atoms with E-state index in [-0.39, 0.29) is 5.92 Å². The van der Waals surface area contributed by atoms with Gasteiger partial charge in [-0.15, -0.1) is 0 Å². The van der Waals surface area contributed by atoms with Gasteiger partial charge in [-0.1, -0.05) is 20.3 Å². The Morgan fingerprint density at radius 2 is 2.25 bits per heavy atom. The van der Waals surface area contributed by atoms with Crippen LogP contribution >= 0.6 is 0 Å². The van der Waals surface area contributed by atoms with Gasteiger partial charge in [-0.05, 0) is 6.42 Å². The molecule has 1 atom stereocenters. The minimum absolute atomic E-state index is 0.278. The van der Waals surface area contributed by atoms with Crippen molar-refractivity contribution < 1.29 is 4.79 Å². The lowest BCUT2D eigenvalue weighted by atomic mass is 9.88. The van der Waals surface area contributed by atoms with Crippen LogP contribution in [0.3, 0.4) is 0 Å². The SMILES string of the molecule is BC(=O)C(C)CCC. The van der Waals surface area contributed by atoms with E-state index < -0.39 is 0 Å². The molecule has 0 rings (SSSR count). The Morgan fingerprint density at radius 1 is 1.75 bits per heavy atom. The maximum atomic E-state index is 10.5. The monoisotopic (exact) mass is 112 g/mol. The van der Waals surface area contributed by atoms with Gasteiger partial charge in [-0.2, -0.15) is 0 Å². The zero-order valence-electron chi connectivity index (χ0n) is 5.90. The van der Waals surface area contributed by atoms with Crippen molar-refractivity contribution in [3.8, 4) is 0 Å². The Bertz CT molecular complexity index is 80.6. The minimum atomic E-state index is 0.278. The van der Waals surface area contributed by atoms with Crippen LogP contribution in [0.15, 0.2) is 0 Å². The largest absolute Gasteiger partial charge is 0.312 e. The van der Waals surface area contributed by atoms with Crippen LogP contribution in [0.1, 0.15) is 26.7 Å². The molecule has 0 saturated carbocycles. The van der Waals surface area contributed by atoms with E-state index in [2.05, 4.69) is 6.92 Å². The molecule has 0 heterocycles. The van der Waals surface area contributed by atoms with Gasteiger partial charge >= 0.3 is 0 Å². The molecule has 46 valence electrons. The lowest BCUT2D eigenvalue weighted by Gasteiger charge is -2.02. The van der Waals surface area contributed by atoms with E-state index in [4.69, 9.17) is 0 Å². The molecular weight excluding hydrogens is 98.9 g/mol. The van der Waals surface area contributed by atoms with Crippen LogP contribution in [0.4, 0.5) is 0 Å². The molecule has 0 aliphatic rings. The molecule has 0 amide bonds. The van der Waals surface area contributed by atoms with Crippen molar-refractivity contribution in [2.75, 3.05) is 0 Å². The number of carbonyl (C=O) groups excluding carboxylic acids is 1. The fraction of sp³-hybridized carbons (Fsp3) is 0.833. The van der Waals surface area contributed by atoms with Crippen molar-refractivity contribution >= 4 is 13.5 Å². The van der Waals surface area contributed by atoms with Crippen LogP contribution in [-0.4, -0.2) is 13.5 Å². The summed E-state index contributed by atoms with van der Waals surface area (Å²) in [6.45, 7) is 4.07. The summed E-state index contributed by atoms with van der Waals surface area (Å²) in [6.07, 6.45) is 2.15. The van der Waals surface area contributed by atoms with Gasteiger partial charge in [0.2, 0.25) is 0 Å². The fourth-order valence-corrected chi connectivity index (χ4v) is 0.636. The Hall–Kier alpha value is -0.265. The van der Waals surface area contributed by atoms with Crippen molar-refractivity contribution in [2.45, 2.75) is 26.7 Å². The van der Waals surface area contributed by atoms with E-state index in [1.807, 2.05) is 6.92 Å². The van der Waals surface area contributed by atoms with Crippen LogP contribution in [0.25, 0.3) is 0 Å². The standard InChI is InChI=1S/C6H13BO/c1-3-4-5(2)6(7)8/h5H,3-4,7H2,1-2H3. The van der Waals surface area contributed by atoms with Crippen molar-refractivity contribution in [3.05, 3.63) is 0 Å². The van der Waals surface area contributed by atoms with E-state index in [1.165, 1.54) is 0 Å². The molecule has 0 spiro atoms. The minimum Gasteiger partial charge on any atom is -0.312 e. The molecular formula is C6H13BO. The molecule has 0 aliphatic heterocycles. The summed E-state index contributed by atoms with van der Waals surface area (Å²) >= 11 is 0. The van der Waals surface area contributed by atoms with Crippen molar-refractivity contribution in [2.24, 2.45) is 5.92 Å². The average Bonchev–Trinajstić information content (AvgIpc) is 1.67. The highest BCUT2D eigenvalue weighted by atomic mass is 16.1. The van der Waals surface area contributed by atoms with Crippen molar-refractivity contribution in [1.82, 2.24) is 0 Å². The van der Waals surface area contributed by atoms with Gasteiger partial charge in [0.25, 0.3) is 0 Å². The van der Waals surface area contributed by atoms with E-state index >= 15 is 0 Å². The predicted octanol–water partition coefficient (Wildman–Crippen LogP) is 0.582. The van der Waals surface area contributed by atoms with Crippen LogP contribution < -0.4 is 0 Å². The third-order valence-electron chi connectivity index (χ3n) is 1.42. The Labute approximate surface area is 51.9 Å². The second-order valence-electron chi connectivity index (χ2n) is 2.30. The normalized spacial score (nSPS) is 13.2. The van der Waals surface area contributed by atoms with Gasteiger partial charge in [0, 0.05) is 5.92 Å². The molecule has 2 heteroatoms. The molecule has 0 saturated heterocycles. The summed E-state index contributed by atoms with van der Waals surface area (Å²) < 4.78 is 0. The summed E-state index contributed by atoms with van der Waals surface area (Å²) in [4.78, 5) is 10.5. The first kappa shape index (κ1) is 7.73. The summed E-state index contributed by atoms with van der Waals surface area (Å²) in [5, 5.41) is 0. The van der Waals surface area contributed by atoms with E-state index in [0.717, 1.165) is 12.8 Å². The molecule has 0 bridgehead atoms. The molecule has 0 aromatic rings. The average molecular weight is 112 g/mol. The first-order chi connectivity index (χ1) is 3.68. The van der Waals surface area contributed by atoms with Crippen LogP contribution in [0, 0.1) is 5.92 Å². The molecule has 0 radical (unpaired) electrons. The zero-order chi connectivity index (χ0) is 6.57. The highest BCUT2D eigenvalue weighted by Crippen LogP contribution is 2.02. The Kier molecular flexibility index (Phi) is 3.58. The van der Waals surface area contributed by atoms with Crippen molar-refractivity contribution in [1.29, 1.82) is 0 Å². The Balaban J connectivity index is 3.32. The highest BCUT2D eigenvalue weighted by molar-refractivity contribution is 6.58. The van der Waals surface area contributed by atoms with Gasteiger partial charge in [-0.25, -0.2) is 0 Å². The van der Waals surface area contributed by atoms with Gasteiger partial charge < -0.3 is 4.79 Å². The lowest BCUT2D eigenvalue weighted by molar-refractivity contribution is -0.114. The second kappa shape index (κ2) is 3.70. The number of carbonyl (C=O) groups is 1. The quantitative estimate of drug-likeness (QED) is 0.488. The fourth-order valence-electron chi connectivity index (χ4n) is 0.636. The number of hydrogen-bond donors (Lipinski definition) is 0. The van der Waals surface area contributed by atoms with Crippen LogP contribution in [0.5, 0.6) is 0 Å². The van der Waals surface area contributed by atoms with E-state index in [0.29, 0.717) is 5.68 Å². The van der Waals surface area contributed by atoms with Crippen LogP contribution in [0.2, 0.25) is 0 Å². The van der Waals surface area contributed by atoms with Crippen LogP contribution in [-0.2, 0) is 4.79 Å². The molecule has 1 nitrogen and oxygen atoms in total. The van der Waals surface area contributed by atoms with Crippen molar-refractivity contribution in [3.63, 3.8) is 0 Å². The predicted molar refractivity (Wildman–Crippen MR) is 37.6 cm³/mol. The molecule has 0 aromatic heterocycles. The third-order valence-corrected chi connectivity index (χ3v) is 1.42. The summed E-state index contributed by atoms with van der Waals surface area (Å²) in [7, 11) is 1.65. The molecule has 1 unspecified atom stereocenters. The first-order valence-electron chi connectivity index (χ1n) is 3.19. The smallest absolute Gasteiger partial charge is 0.187 e. The topological polar surface area (TPSA) is 17.1 Å². The maximum Gasteiger partial charge on any atom is 0.187 e. The second-order valence-corrected chi connectivity index (χ2v) is 2.30. The summed E-state index contributed by atoms with van der Waals surface area (Å²) in [6, 6.07) is 0. The first-order valence-corrected chi connectivity index (χ1v) is 3.19. The summed E-state index contributed by atoms with van der Waals surface area (Å²) in [5.41, 5.74) is 0.312. The number of hydrogen-bond acceptors (Lipinski definition) is 1. The molecule has 0 aliphatic carbocycles. The van der Waals surface area contributed by atoms with E-state index in [9.17, 15) is 4.79 Å².